The molecule has 8 heteroatoms. The van der Waals surface area contributed by atoms with E-state index < -0.39 is 0 Å². The van der Waals surface area contributed by atoms with E-state index in [1.165, 1.54) is 0 Å². The van der Waals surface area contributed by atoms with Crippen molar-refractivity contribution in [2.45, 2.75) is 38.6 Å². The smallest absolute Gasteiger partial charge is 0.242 e. The summed E-state index contributed by atoms with van der Waals surface area (Å²) in [6.45, 7) is 3.45. The number of likely N-dealkylation sites (tertiary alicyclic amines) is 1. The van der Waals surface area contributed by atoms with Gasteiger partial charge in [-0.1, -0.05) is 0 Å². The van der Waals surface area contributed by atoms with Gasteiger partial charge in [-0.15, -0.1) is 0 Å². The zero-order valence-electron chi connectivity index (χ0n) is 13.4. The molecule has 0 spiro atoms. The van der Waals surface area contributed by atoms with Gasteiger partial charge in [-0.2, -0.15) is 5.10 Å². The molecule has 3 rings (SSSR count). The van der Waals surface area contributed by atoms with Crippen LogP contribution in [-0.2, 0) is 22.6 Å². The minimum atomic E-state index is 0.0515. The maximum Gasteiger partial charge on any atom is 0.242 e. The molecule has 2 atom stereocenters. The molecule has 23 heavy (non-hydrogen) atoms. The molecule has 1 fully saturated rings. The maximum absolute atomic E-state index is 12.7. The normalized spacial score (nSPS) is 21.0. The van der Waals surface area contributed by atoms with E-state index in [0.29, 0.717) is 25.5 Å². The molecule has 2 aromatic heterocycles. The van der Waals surface area contributed by atoms with Crippen molar-refractivity contribution in [1.29, 1.82) is 0 Å². The van der Waals surface area contributed by atoms with E-state index in [1.54, 1.807) is 30.4 Å². The molecule has 0 radical (unpaired) electrons. The molecule has 2 aromatic rings. The van der Waals surface area contributed by atoms with Gasteiger partial charge in [0.1, 0.15) is 12.4 Å². The fraction of sp³-hybridized carbons (Fsp3) is 0.533. The molecule has 1 aliphatic rings. The van der Waals surface area contributed by atoms with Crippen LogP contribution >= 0.6 is 0 Å². The van der Waals surface area contributed by atoms with Crippen LogP contribution in [0.25, 0.3) is 0 Å². The summed E-state index contributed by atoms with van der Waals surface area (Å²) in [5.74, 6) is 0.550. The number of methoxy groups -OCH3 is 1. The second kappa shape index (κ2) is 6.41. The van der Waals surface area contributed by atoms with E-state index in [4.69, 9.17) is 10.5 Å². The second-order valence-corrected chi connectivity index (χ2v) is 5.92. The average molecular weight is 318 g/mol. The van der Waals surface area contributed by atoms with Crippen LogP contribution in [0.1, 0.15) is 12.1 Å². The number of carbonyl (C=O) groups is 1. The number of aromatic nitrogens is 4. The van der Waals surface area contributed by atoms with Crippen LogP contribution < -0.4 is 5.73 Å². The fourth-order valence-corrected chi connectivity index (χ4v) is 3.01. The van der Waals surface area contributed by atoms with Gasteiger partial charge in [-0.05, 0) is 19.4 Å². The van der Waals surface area contributed by atoms with E-state index >= 15 is 0 Å². The summed E-state index contributed by atoms with van der Waals surface area (Å²) in [5.41, 5.74) is 6.63. The standard InChI is InChI=1S/C15H22N6O2/c1-11-6-17-10-19(11)9-15(22)21-8-13(23-2)5-12(21)7-20-4-3-14(16)18-20/h3-4,6,10,12-13H,5,7-9H2,1-2H3,(H2,16,18)/t12-,13-/m0/s1. The van der Waals surface area contributed by atoms with Gasteiger partial charge >= 0.3 is 0 Å². The lowest BCUT2D eigenvalue weighted by molar-refractivity contribution is -0.133. The molecule has 1 saturated heterocycles. The largest absolute Gasteiger partial charge is 0.382 e. The van der Waals surface area contributed by atoms with Crippen LogP contribution in [0.2, 0.25) is 0 Å². The van der Waals surface area contributed by atoms with Crippen molar-refractivity contribution in [2.75, 3.05) is 19.4 Å². The number of nitrogens with two attached hydrogens (primary N) is 1. The minimum Gasteiger partial charge on any atom is -0.382 e. The molecule has 0 saturated carbocycles. The van der Waals surface area contributed by atoms with Gasteiger partial charge in [0.2, 0.25) is 5.91 Å². The number of nitrogen functional groups attached to an aromatic ring is 1. The summed E-state index contributed by atoms with van der Waals surface area (Å²) < 4.78 is 9.09. The topological polar surface area (TPSA) is 91.2 Å². The van der Waals surface area contributed by atoms with Crippen molar-refractivity contribution in [3.8, 4) is 0 Å². The van der Waals surface area contributed by atoms with Gasteiger partial charge in [0, 0.05) is 31.7 Å². The highest BCUT2D eigenvalue weighted by Gasteiger charge is 2.35. The summed E-state index contributed by atoms with van der Waals surface area (Å²) in [4.78, 5) is 18.6. The Labute approximate surface area is 134 Å². The third-order valence-corrected chi connectivity index (χ3v) is 4.31. The van der Waals surface area contributed by atoms with Crippen LogP contribution in [0.4, 0.5) is 5.82 Å². The Bertz CT molecular complexity index is 679. The molecule has 1 aliphatic heterocycles. The highest BCUT2D eigenvalue weighted by molar-refractivity contribution is 5.76. The van der Waals surface area contributed by atoms with Crippen molar-refractivity contribution in [3.63, 3.8) is 0 Å². The Morgan fingerprint density at radius 2 is 2.35 bits per heavy atom. The van der Waals surface area contributed by atoms with E-state index in [0.717, 1.165) is 12.1 Å². The first-order valence-corrected chi connectivity index (χ1v) is 7.64. The van der Waals surface area contributed by atoms with E-state index in [-0.39, 0.29) is 18.1 Å². The Morgan fingerprint density at radius 1 is 1.52 bits per heavy atom. The summed E-state index contributed by atoms with van der Waals surface area (Å²) in [6.07, 6.45) is 6.11. The molecule has 8 nitrogen and oxygen atoms in total. The lowest BCUT2D eigenvalue weighted by Gasteiger charge is -2.24. The predicted molar refractivity (Wildman–Crippen MR) is 84.5 cm³/mol. The third-order valence-electron chi connectivity index (χ3n) is 4.31. The van der Waals surface area contributed by atoms with Crippen LogP contribution in [0, 0.1) is 6.92 Å². The lowest BCUT2D eigenvalue weighted by atomic mass is 10.2. The summed E-state index contributed by atoms with van der Waals surface area (Å²) >= 11 is 0. The van der Waals surface area contributed by atoms with Gasteiger partial charge < -0.3 is 19.9 Å². The Balaban J connectivity index is 1.71. The molecular weight excluding hydrogens is 296 g/mol. The number of amides is 1. The minimum absolute atomic E-state index is 0.0515. The van der Waals surface area contributed by atoms with Crippen molar-refractivity contribution >= 4 is 11.7 Å². The lowest BCUT2D eigenvalue weighted by Crippen LogP contribution is -2.40. The molecule has 3 heterocycles. The Kier molecular flexibility index (Phi) is 4.33. The second-order valence-electron chi connectivity index (χ2n) is 5.92. The van der Waals surface area contributed by atoms with Crippen LogP contribution in [0.5, 0.6) is 0 Å². The quantitative estimate of drug-likeness (QED) is 0.855. The van der Waals surface area contributed by atoms with Crippen molar-refractivity contribution in [1.82, 2.24) is 24.2 Å². The van der Waals surface area contributed by atoms with Crippen LogP contribution in [-0.4, -0.2) is 55.9 Å². The molecular formula is C15H22N6O2. The number of rotatable bonds is 5. The monoisotopic (exact) mass is 318 g/mol. The maximum atomic E-state index is 12.7. The van der Waals surface area contributed by atoms with Crippen molar-refractivity contribution in [3.05, 3.63) is 30.5 Å². The highest BCUT2D eigenvalue weighted by atomic mass is 16.5. The number of aryl methyl sites for hydroxylation is 1. The first kappa shape index (κ1) is 15.5. The molecule has 1 amide bonds. The number of ether oxygens (including phenoxy) is 1. The molecule has 0 unspecified atom stereocenters. The van der Waals surface area contributed by atoms with E-state index in [9.17, 15) is 4.79 Å². The number of anilines is 1. The number of nitrogens with zero attached hydrogens (tertiary/aromatic N) is 5. The zero-order valence-corrected chi connectivity index (χ0v) is 13.4. The highest BCUT2D eigenvalue weighted by Crippen LogP contribution is 2.22. The van der Waals surface area contributed by atoms with Gasteiger partial charge in [0.25, 0.3) is 0 Å². The van der Waals surface area contributed by atoms with Gasteiger partial charge in [0.15, 0.2) is 0 Å². The summed E-state index contributed by atoms with van der Waals surface area (Å²) in [7, 11) is 1.68. The SMILES string of the molecule is CO[C@H]1C[C@@H](Cn2ccc(N)n2)N(C(=O)Cn2cncc2C)C1. The molecule has 0 bridgehead atoms. The fourth-order valence-electron chi connectivity index (χ4n) is 3.01. The van der Waals surface area contributed by atoms with E-state index in [1.807, 2.05) is 22.6 Å². The van der Waals surface area contributed by atoms with Crippen molar-refractivity contribution < 1.29 is 9.53 Å². The first-order chi connectivity index (χ1) is 11.1. The van der Waals surface area contributed by atoms with Gasteiger partial charge in [-0.3, -0.25) is 9.48 Å². The number of hydrogen-bond acceptors (Lipinski definition) is 5. The predicted octanol–water partition coefficient (Wildman–Crippen LogP) is 0.286. The summed E-state index contributed by atoms with van der Waals surface area (Å²) in [6, 6.07) is 1.81. The molecule has 124 valence electrons. The third kappa shape index (κ3) is 3.37. The zero-order chi connectivity index (χ0) is 16.4. The van der Waals surface area contributed by atoms with E-state index in [2.05, 4.69) is 10.1 Å². The number of carbonyl (C=O) groups excluding carboxylic acids is 1. The number of imidazole rings is 1. The average Bonchev–Trinajstić information content (AvgIpc) is 3.21. The van der Waals surface area contributed by atoms with Crippen LogP contribution in [0.15, 0.2) is 24.8 Å². The van der Waals surface area contributed by atoms with Gasteiger partial charge in [-0.25, -0.2) is 4.98 Å². The Hall–Kier alpha value is -2.35. The van der Waals surface area contributed by atoms with Gasteiger partial charge in [0.05, 0.1) is 25.0 Å². The number of hydrogen-bond donors (Lipinski definition) is 1. The molecule has 0 aliphatic carbocycles. The van der Waals surface area contributed by atoms with Crippen molar-refractivity contribution in [2.24, 2.45) is 0 Å². The summed E-state index contributed by atoms with van der Waals surface area (Å²) in [5, 5.41) is 4.21. The Morgan fingerprint density at radius 3 is 2.96 bits per heavy atom. The van der Waals surface area contributed by atoms with Crippen LogP contribution in [0.3, 0.4) is 0 Å². The molecule has 2 N–H and O–H groups in total. The molecule has 0 aromatic carbocycles. The first-order valence-electron chi connectivity index (χ1n) is 7.64.